The van der Waals surface area contributed by atoms with Gasteiger partial charge in [-0.2, -0.15) is 0 Å². The van der Waals surface area contributed by atoms with Crippen molar-refractivity contribution in [3.63, 3.8) is 0 Å². The predicted molar refractivity (Wildman–Crippen MR) is 158 cm³/mol. The zero-order valence-electron chi connectivity index (χ0n) is 23.6. The number of nitrogens with zero attached hydrogens (tertiary/aromatic N) is 4. The van der Waals surface area contributed by atoms with Gasteiger partial charge in [-0.25, -0.2) is 13.8 Å². The highest BCUT2D eigenvalue weighted by Gasteiger charge is 2.49. The minimum atomic E-state index is -0.529. The third kappa shape index (κ3) is 4.03. The lowest BCUT2D eigenvalue weighted by Crippen LogP contribution is -2.49. The Kier molecular flexibility index (Phi) is 5.96. The number of hydrogen-bond acceptors (Lipinski definition) is 5. The lowest BCUT2D eigenvalue weighted by Gasteiger charge is -2.38. The number of aromatic nitrogens is 2. The number of ether oxygens (including phenoxy) is 1. The maximum Gasteiger partial charge on any atom is 0.216 e. The van der Waals surface area contributed by atoms with E-state index in [9.17, 15) is 0 Å². The Morgan fingerprint density at radius 2 is 1.73 bits per heavy atom. The molecule has 2 bridgehead atoms. The summed E-state index contributed by atoms with van der Waals surface area (Å²) in [6.45, 7) is 6.31. The molecule has 0 spiro atoms. The topological polar surface area (TPSA) is 41.5 Å². The number of piperidine rings is 1. The zero-order chi connectivity index (χ0) is 27.7. The maximum absolute atomic E-state index is 16.6. The van der Waals surface area contributed by atoms with Gasteiger partial charge >= 0.3 is 0 Å². The number of benzene rings is 2. The summed E-state index contributed by atoms with van der Waals surface area (Å²) >= 11 is 0. The lowest BCUT2D eigenvalue weighted by molar-refractivity contribution is 0.0439. The summed E-state index contributed by atoms with van der Waals surface area (Å²) in [5, 5.41) is 1.77. The molecule has 0 radical (unpaired) electrons. The molecule has 4 aromatic rings. The van der Waals surface area contributed by atoms with Crippen LogP contribution in [0.2, 0.25) is 0 Å². The van der Waals surface area contributed by atoms with Gasteiger partial charge in [-0.1, -0.05) is 30.3 Å². The fourth-order valence-electron chi connectivity index (χ4n) is 8.62. The Morgan fingerprint density at radius 3 is 2.49 bits per heavy atom. The second-order valence-corrected chi connectivity index (χ2v) is 12.8. The average molecular weight is 555 g/mol. The van der Waals surface area contributed by atoms with E-state index in [1.165, 1.54) is 38.2 Å². The van der Waals surface area contributed by atoms with Gasteiger partial charge in [0.25, 0.3) is 0 Å². The van der Waals surface area contributed by atoms with E-state index < -0.39 is 5.82 Å². The third-order valence-corrected chi connectivity index (χ3v) is 10.6. The van der Waals surface area contributed by atoms with Crippen LogP contribution in [0.1, 0.15) is 51.9 Å². The van der Waals surface area contributed by atoms with Gasteiger partial charge in [0.15, 0.2) is 5.82 Å². The summed E-state index contributed by atoms with van der Waals surface area (Å²) < 4.78 is 38.3. The summed E-state index contributed by atoms with van der Waals surface area (Å²) in [5.74, 6) is 0.880. The van der Waals surface area contributed by atoms with Crippen LogP contribution in [0.25, 0.3) is 32.9 Å². The third-order valence-electron chi connectivity index (χ3n) is 10.6. The van der Waals surface area contributed by atoms with E-state index in [-0.39, 0.29) is 28.7 Å². The number of fused-ring (bicyclic) bond motifs is 5. The summed E-state index contributed by atoms with van der Waals surface area (Å²) in [6.07, 6.45) is 10.1. The van der Waals surface area contributed by atoms with Crippen LogP contribution >= 0.6 is 0 Å². The molecule has 212 valence electrons. The second kappa shape index (κ2) is 9.62. The normalized spacial score (nSPS) is 24.3. The number of anilines is 1. The summed E-state index contributed by atoms with van der Waals surface area (Å²) in [6, 6.07) is 12.3. The van der Waals surface area contributed by atoms with Gasteiger partial charge in [-0.05, 0) is 88.2 Å². The van der Waals surface area contributed by atoms with Crippen molar-refractivity contribution in [2.24, 2.45) is 11.8 Å². The van der Waals surface area contributed by atoms with E-state index in [2.05, 4.69) is 21.7 Å². The molecule has 1 saturated carbocycles. The lowest BCUT2D eigenvalue weighted by atomic mass is 9.88. The van der Waals surface area contributed by atoms with E-state index in [0.29, 0.717) is 39.4 Å². The minimum Gasteiger partial charge on any atom is -0.473 e. The van der Waals surface area contributed by atoms with Gasteiger partial charge in [-0.15, -0.1) is 0 Å². The SMILES string of the molecule is CC(Oc1cc(N2CC3CCC(C3)C2)c2cnc(-c3cccc4cccc(F)c34)c(F)c2n1)C12CCCN1CCC2. The van der Waals surface area contributed by atoms with E-state index in [1.807, 2.05) is 24.3 Å². The fourth-order valence-corrected chi connectivity index (χ4v) is 8.62. The van der Waals surface area contributed by atoms with Crippen LogP contribution in [0.4, 0.5) is 14.5 Å². The molecule has 0 amide bonds. The Balaban J connectivity index is 1.27. The van der Waals surface area contributed by atoms with Gasteiger partial charge in [0.2, 0.25) is 5.88 Å². The molecular formula is C34H36F2N4O. The first kappa shape index (κ1) is 25.4. The van der Waals surface area contributed by atoms with Crippen molar-refractivity contribution < 1.29 is 13.5 Å². The first-order chi connectivity index (χ1) is 20.0. The van der Waals surface area contributed by atoms with Crippen molar-refractivity contribution >= 4 is 27.4 Å². The molecule has 3 saturated heterocycles. The van der Waals surface area contributed by atoms with E-state index in [0.717, 1.165) is 44.7 Å². The first-order valence-corrected chi connectivity index (χ1v) is 15.3. The van der Waals surface area contributed by atoms with Crippen LogP contribution in [-0.2, 0) is 0 Å². The minimum absolute atomic E-state index is 0.0312. The molecule has 3 aliphatic heterocycles. The van der Waals surface area contributed by atoms with Crippen molar-refractivity contribution in [1.82, 2.24) is 14.9 Å². The largest absolute Gasteiger partial charge is 0.473 e. The maximum atomic E-state index is 16.6. The second-order valence-electron chi connectivity index (χ2n) is 12.8. The van der Waals surface area contributed by atoms with Gasteiger partial charge in [-0.3, -0.25) is 9.88 Å². The number of rotatable bonds is 5. The zero-order valence-corrected chi connectivity index (χ0v) is 23.6. The van der Waals surface area contributed by atoms with Crippen LogP contribution in [0.15, 0.2) is 48.7 Å². The van der Waals surface area contributed by atoms with Crippen molar-refractivity contribution in [1.29, 1.82) is 0 Å². The van der Waals surface area contributed by atoms with Crippen molar-refractivity contribution in [2.75, 3.05) is 31.1 Å². The average Bonchev–Trinajstić information content (AvgIpc) is 3.67. The predicted octanol–water partition coefficient (Wildman–Crippen LogP) is 7.36. The molecule has 8 rings (SSSR count). The molecule has 4 aliphatic rings. The molecule has 2 aromatic carbocycles. The molecule has 2 aromatic heterocycles. The number of halogens is 2. The van der Waals surface area contributed by atoms with E-state index >= 15 is 8.78 Å². The standard InChI is InChI=1S/C34H36F2N4O/c1-21(34-12-4-14-40(34)15-5-13-34)41-29-17-28(39-19-22-10-11-23(16-22)20-39)26-18-37-32(31(36)33(26)38-29)25-8-2-6-24-7-3-9-27(35)30(24)25/h2-3,6-9,17-18,21-23H,4-5,10-16,19-20H2,1H3. The summed E-state index contributed by atoms with van der Waals surface area (Å²) in [7, 11) is 0. The molecule has 41 heavy (non-hydrogen) atoms. The van der Waals surface area contributed by atoms with Gasteiger partial charge < -0.3 is 9.64 Å². The van der Waals surface area contributed by atoms with Crippen LogP contribution in [0.5, 0.6) is 5.88 Å². The van der Waals surface area contributed by atoms with Gasteiger partial charge in [0.1, 0.15) is 23.1 Å². The molecular weight excluding hydrogens is 518 g/mol. The molecule has 1 aliphatic carbocycles. The van der Waals surface area contributed by atoms with Gasteiger partial charge in [0.05, 0.1) is 11.2 Å². The highest BCUT2D eigenvalue weighted by atomic mass is 19.1. The molecule has 3 atom stereocenters. The van der Waals surface area contributed by atoms with Crippen molar-refractivity contribution in [3.8, 4) is 17.1 Å². The number of hydrogen-bond donors (Lipinski definition) is 0. The van der Waals surface area contributed by atoms with Crippen molar-refractivity contribution in [2.45, 2.75) is 63.5 Å². The fraction of sp³-hybridized carbons (Fsp3) is 0.471. The quantitative estimate of drug-likeness (QED) is 0.258. The monoisotopic (exact) mass is 554 g/mol. The Morgan fingerprint density at radius 1 is 1.00 bits per heavy atom. The van der Waals surface area contributed by atoms with Crippen LogP contribution in [0, 0.1) is 23.5 Å². The van der Waals surface area contributed by atoms with Gasteiger partial charge in [0, 0.05) is 41.7 Å². The molecule has 5 nitrogen and oxygen atoms in total. The highest BCUT2D eigenvalue weighted by molar-refractivity contribution is 6.00. The van der Waals surface area contributed by atoms with Crippen LogP contribution in [-0.4, -0.2) is 52.7 Å². The molecule has 3 unspecified atom stereocenters. The molecule has 5 heterocycles. The van der Waals surface area contributed by atoms with Crippen LogP contribution in [0.3, 0.4) is 0 Å². The van der Waals surface area contributed by atoms with E-state index in [1.54, 1.807) is 18.3 Å². The summed E-state index contributed by atoms with van der Waals surface area (Å²) in [4.78, 5) is 14.4. The van der Waals surface area contributed by atoms with E-state index in [4.69, 9.17) is 9.72 Å². The Hall–Kier alpha value is -3.32. The summed E-state index contributed by atoms with van der Waals surface area (Å²) in [5.41, 5.74) is 1.78. The Bertz CT molecular complexity index is 1630. The smallest absolute Gasteiger partial charge is 0.216 e. The highest BCUT2D eigenvalue weighted by Crippen LogP contribution is 2.45. The molecule has 0 N–H and O–H groups in total. The molecule has 4 fully saturated rings. The van der Waals surface area contributed by atoms with Crippen LogP contribution < -0.4 is 9.64 Å². The molecule has 7 heteroatoms. The first-order valence-electron chi connectivity index (χ1n) is 15.3. The Labute approximate surface area is 239 Å². The number of pyridine rings is 2. The van der Waals surface area contributed by atoms with Crippen molar-refractivity contribution in [3.05, 3.63) is 60.3 Å².